The quantitative estimate of drug-likeness (QED) is 0.638. The Bertz CT molecular complexity index is 469. The molecule has 2 aromatic rings. The highest BCUT2D eigenvalue weighted by molar-refractivity contribution is 5.78. The number of hydrogen-bond acceptors (Lipinski definition) is 4. The van der Waals surface area contributed by atoms with Gasteiger partial charge in [-0.05, 0) is 12.1 Å². The van der Waals surface area contributed by atoms with Crippen molar-refractivity contribution >= 4 is 5.97 Å². The summed E-state index contributed by atoms with van der Waals surface area (Å²) in [5.74, 6) is 0.181. The predicted molar refractivity (Wildman–Crippen MR) is 75.3 cm³/mol. The zero-order valence-corrected chi connectivity index (χ0v) is 10.9. The molecule has 0 saturated heterocycles. The predicted octanol–water partition coefficient (Wildman–Crippen LogP) is 1.59. The first-order chi connectivity index (χ1) is 9.60. The van der Waals surface area contributed by atoms with Gasteiger partial charge >= 0.3 is 5.97 Å². The van der Waals surface area contributed by atoms with Crippen LogP contribution in [0.25, 0.3) is 0 Å². The van der Waals surface area contributed by atoms with Crippen LogP contribution in [0.2, 0.25) is 0 Å². The Morgan fingerprint density at radius 2 is 1.95 bits per heavy atom. The van der Waals surface area contributed by atoms with Gasteiger partial charge < -0.3 is 20.3 Å². The van der Waals surface area contributed by atoms with Crippen LogP contribution in [0.15, 0.2) is 55.4 Å². The van der Waals surface area contributed by atoms with Crippen molar-refractivity contribution in [1.29, 1.82) is 0 Å². The van der Waals surface area contributed by atoms with Crippen molar-refractivity contribution in [3.8, 4) is 5.75 Å². The average molecular weight is 278 g/mol. The summed E-state index contributed by atoms with van der Waals surface area (Å²) in [4.78, 5) is 16.0. The second kappa shape index (κ2) is 11.5. The minimum atomic E-state index is -0.981. The summed E-state index contributed by atoms with van der Waals surface area (Å²) < 4.78 is 0. The highest BCUT2D eigenvalue weighted by Gasteiger charge is 1.88. The summed E-state index contributed by atoms with van der Waals surface area (Å²) >= 11 is 0. The summed E-state index contributed by atoms with van der Waals surface area (Å²) in [5, 5.41) is 24.6. The monoisotopic (exact) mass is 278 g/mol. The zero-order valence-electron chi connectivity index (χ0n) is 10.9. The summed E-state index contributed by atoms with van der Waals surface area (Å²) in [6.07, 6.45) is 4.86. The van der Waals surface area contributed by atoms with Crippen LogP contribution in [0.4, 0.5) is 0 Å². The summed E-state index contributed by atoms with van der Waals surface area (Å²) in [6, 6.07) is 8.71. The zero-order chi connectivity index (χ0) is 15.2. The van der Waals surface area contributed by atoms with E-state index in [4.69, 9.17) is 15.3 Å². The van der Waals surface area contributed by atoms with Crippen molar-refractivity contribution in [2.24, 2.45) is 0 Å². The SMILES string of the molecule is C=CC(=O)O.OCCc1ncc[nH]1.Oc1ccccc1. The lowest BCUT2D eigenvalue weighted by atomic mass is 10.3. The molecule has 6 nitrogen and oxygen atoms in total. The van der Waals surface area contributed by atoms with E-state index in [9.17, 15) is 4.79 Å². The number of aliphatic hydroxyl groups is 1. The Morgan fingerprint density at radius 3 is 2.25 bits per heavy atom. The first kappa shape index (κ1) is 17.4. The minimum absolute atomic E-state index is 0.160. The number of phenolic OH excluding ortho intramolecular Hbond substituents is 1. The summed E-state index contributed by atoms with van der Waals surface area (Å²) in [7, 11) is 0. The molecule has 0 unspecified atom stereocenters. The van der Waals surface area contributed by atoms with E-state index in [0.717, 1.165) is 11.9 Å². The molecular formula is C14H18N2O4. The third kappa shape index (κ3) is 10.5. The van der Waals surface area contributed by atoms with E-state index in [1.165, 1.54) is 0 Å². The van der Waals surface area contributed by atoms with Crippen molar-refractivity contribution in [3.05, 3.63) is 61.2 Å². The molecule has 1 heterocycles. The summed E-state index contributed by atoms with van der Waals surface area (Å²) in [6.45, 7) is 3.12. The molecule has 0 aliphatic carbocycles. The number of carboxylic acid groups (broad SMARTS) is 1. The fourth-order valence-corrected chi connectivity index (χ4v) is 0.969. The molecule has 0 amide bonds. The van der Waals surface area contributed by atoms with Gasteiger partial charge in [0.1, 0.15) is 11.6 Å². The van der Waals surface area contributed by atoms with E-state index in [2.05, 4.69) is 16.5 Å². The molecule has 108 valence electrons. The maximum atomic E-state index is 9.25. The number of carboxylic acids is 1. The number of aromatic nitrogens is 2. The van der Waals surface area contributed by atoms with E-state index < -0.39 is 5.97 Å². The van der Waals surface area contributed by atoms with Crippen molar-refractivity contribution < 1.29 is 20.1 Å². The largest absolute Gasteiger partial charge is 0.508 e. The molecule has 4 N–H and O–H groups in total. The van der Waals surface area contributed by atoms with Crippen LogP contribution in [0.1, 0.15) is 5.82 Å². The number of phenols is 1. The van der Waals surface area contributed by atoms with E-state index in [-0.39, 0.29) is 6.61 Å². The number of rotatable bonds is 3. The van der Waals surface area contributed by atoms with E-state index >= 15 is 0 Å². The van der Waals surface area contributed by atoms with Crippen LogP contribution in [-0.4, -0.2) is 37.9 Å². The van der Waals surface area contributed by atoms with Gasteiger partial charge in [-0.2, -0.15) is 0 Å². The number of nitrogens with zero attached hydrogens (tertiary/aromatic N) is 1. The highest BCUT2D eigenvalue weighted by Crippen LogP contribution is 2.02. The minimum Gasteiger partial charge on any atom is -0.508 e. The molecule has 2 rings (SSSR count). The second-order valence-corrected chi connectivity index (χ2v) is 3.39. The molecule has 0 fully saturated rings. The molecule has 0 atom stereocenters. The third-order valence-corrected chi connectivity index (χ3v) is 1.83. The molecule has 1 aromatic heterocycles. The molecular weight excluding hydrogens is 260 g/mol. The lowest BCUT2D eigenvalue weighted by molar-refractivity contribution is -0.131. The van der Waals surface area contributed by atoms with Gasteiger partial charge in [0.2, 0.25) is 0 Å². The molecule has 0 aliphatic rings. The number of imidazole rings is 1. The highest BCUT2D eigenvalue weighted by atomic mass is 16.4. The van der Waals surface area contributed by atoms with Crippen molar-refractivity contribution in [1.82, 2.24) is 9.97 Å². The number of aromatic amines is 1. The molecule has 6 heteroatoms. The second-order valence-electron chi connectivity index (χ2n) is 3.39. The smallest absolute Gasteiger partial charge is 0.327 e. The van der Waals surface area contributed by atoms with Crippen LogP contribution in [0, 0.1) is 0 Å². The lowest BCUT2D eigenvalue weighted by Gasteiger charge is -1.85. The Morgan fingerprint density at radius 1 is 1.35 bits per heavy atom. The van der Waals surface area contributed by atoms with Gasteiger partial charge in [-0.25, -0.2) is 9.78 Å². The first-order valence-electron chi connectivity index (χ1n) is 5.78. The molecule has 1 aromatic carbocycles. The van der Waals surface area contributed by atoms with Crippen LogP contribution >= 0.6 is 0 Å². The van der Waals surface area contributed by atoms with Crippen molar-refractivity contribution in [2.45, 2.75) is 6.42 Å². The third-order valence-electron chi connectivity index (χ3n) is 1.83. The number of carbonyl (C=O) groups is 1. The van der Waals surface area contributed by atoms with Gasteiger partial charge in [-0.3, -0.25) is 0 Å². The Labute approximate surface area is 117 Å². The number of hydrogen-bond donors (Lipinski definition) is 4. The van der Waals surface area contributed by atoms with E-state index in [1.807, 2.05) is 6.07 Å². The number of aromatic hydroxyl groups is 1. The van der Waals surface area contributed by atoms with Crippen molar-refractivity contribution in [3.63, 3.8) is 0 Å². The van der Waals surface area contributed by atoms with Gasteiger partial charge in [0, 0.05) is 24.9 Å². The normalized spacial score (nSPS) is 8.45. The number of nitrogens with one attached hydrogen (secondary N) is 1. The standard InChI is InChI=1S/C6H6O.C5H8N2O.C3H4O2/c7-6-4-2-1-3-5-6;8-4-1-5-6-2-3-7-5;1-2-3(4)5/h1-5,7H;2-3,8H,1,4H2,(H,6,7);2H,1H2,(H,4,5). The van der Waals surface area contributed by atoms with Crippen LogP contribution in [-0.2, 0) is 11.2 Å². The first-order valence-corrected chi connectivity index (χ1v) is 5.78. The van der Waals surface area contributed by atoms with Gasteiger partial charge in [0.05, 0.1) is 6.61 Å². The van der Waals surface area contributed by atoms with E-state index in [0.29, 0.717) is 12.2 Å². The maximum Gasteiger partial charge on any atom is 0.327 e. The molecule has 0 aliphatic heterocycles. The van der Waals surface area contributed by atoms with Crippen LogP contribution in [0.3, 0.4) is 0 Å². The van der Waals surface area contributed by atoms with Crippen molar-refractivity contribution in [2.75, 3.05) is 6.61 Å². The molecule has 0 spiro atoms. The molecule has 20 heavy (non-hydrogen) atoms. The van der Waals surface area contributed by atoms with Gasteiger partial charge in [0.15, 0.2) is 0 Å². The summed E-state index contributed by atoms with van der Waals surface area (Å²) in [5.41, 5.74) is 0. The fourth-order valence-electron chi connectivity index (χ4n) is 0.969. The topological polar surface area (TPSA) is 106 Å². The lowest BCUT2D eigenvalue weighted by Crippen LogP contribution is -1.91. The number of aliphatic hydroxyl groups excluding tert-OH is 1. The van der Waals surface area contributed by atoms with Gasteiger partial charge in [-0.15, -0.1) is 0 Å². The molecule has 0 bridgehead atoms. The van der Waals surface area contributed by atoms with Gasteiger partial charge in [-0.1, -0.05) is 24.8 Å². The van der Waals surface area contributed by atoms with E-state index in [1.54, 1.807) is 36.7 Å². The van der Waals surface area contributed by atoms with Crippen LogP contribution in [0.5, 0.6) is 5.75 Å². The van der Waals surface area contributed by atoms with Gasteiger partial charge in [0.25, 0.3) is 0 Å². The number of benzene rings is 1. The fraction of sp³-hybridized carbons (Fsp3) is 0.143. The Kier molecular flexibility index (Phi) is 9.99. The number of para-hydroxylation sites is 1. The Balaban J connectivity index is 0.000000280. The van der Waals surface area contributed by atoms with Crippen LogP contribution < -0.4 is 0 Å². The average Bonchev–Trinajstić information content (AvgIpc) is 2.94. The number of H-pyrrole nitrogens is 1. The number of aliphatic carboxylic acids is 1. The molecule has 0 saturated carbocycles. The maximum absolute atomic E-state index is 9.25. The molecule has 0 radical (unpaired) electrons. The Hall–Kier alpha value is -2.60.